The summed E-state index contributed by atoms with van der Waals surface area (Å²) in [4.78, 5) is 12.5. The maximum Gasteiger partial charge on any atom is 0.412 e. The molecule has 4 rings (SSSR count). The summed E-state index contributed by atoms with van der Waals surface area (Å²) in [5, 5.41) is 5.77. The first-order valence-corrected chi connectivity index (χ1v) is 12.2. The Labute approximate surface area is 191 Å². The van der Waals surface area contributed by atoms with Gasteiger partial charge in [-0.15, -0.1) is 0 Å². The molecule has 2 aliphatic rings. The van der Waals surface area contributed by atoms with Gasteiger partial charge >= 0.3 is 6.18 Å². The van der Waals surface area contributed by atoms with Gasteiger partial charge in [-0.05, 0) is 59.6 Å². The lowest BCUT2D eigenvalue weighted by Crippen LogP contribution is -2.42. The van der Waals surface area contributed by atoms with E-state index in [1.54, 1.807) is 23.9 Å². The number of halogens is 3. The molecule has 1 unspecified atom stereocenters. The lowest BCUT2D eigenvalue weighted by molar-refractivity contribution is -0.164. The Kier molecular flexibility index (Phi) is 6.48. The summed E-state index contributed by atoms with van der Waals surface area (Å²) in [5.41, 5.74) is 3.34. The fourth-order valence-electron chi connectivity index (χ4n) is 4.77. The first kappa shape index (κ1) is 23.0. The molecule has 1 amide bonds. The summed E-state index contributed by atoms with van der Waals surface area (Å²) in [7, 11) is 0. The van der Waals surface area contributed by atoms with Gasteiger partial charge in [-0.1, -0.05) is 50.2 Å². The van der Waals surface area contributed by atoms with Gasteiger partial charge in [-0.2, -0.15) is 24.9 Å². The molecule has 0 spiro atoms. The molecule has 1 aliphatic heterocycles. The van der Waals surface area contributed by atoms with Crippen LogP contribution in [0.25, 0.3) is 0 Å². The van der Waals surface area contributed by atoms with Crippen LogP contribution in [0.4, 0.5) is 18.9 Å². The molecule has 1 heterocycles. The maximum atomic E-state index is 13.8. The van der Waals surface area contributed by atoms with Crippen LogP contribution in [-0.2, 0) is 16.6 Å². The summed E-state index contributed by atoms with van der Waals surface area (Å²) in [6.07, 6.45) is -2.43. The van der Waals surface area contributed by atoms with E-state index < -0.39 is 18.1 Å². The highest BCUT2D eigenvalue weighted by molar-refractivity contribution is 7.99. The normalized spacial score (nSPS) is 21.6. The van der Waals surface area contributed by atoms with Gasteiger partial charge in [0.15, 0.2) is 6.04 Å². The van der Waals surface area contributed by atoms with Crippen molar-refractivity contribution in [1.82, 2.24) is 5.32 Å². The van der Waals surface area contributed by atoms with Crippen LogP contribution in [0, 0.1) is 5.92 Å². The third-order valence-electron chi connectivity index (χ3n) is 6.80. The molecule has 1 saturated heterocycles. The molecule has 3 nitrogen and oxygen atoms in total. The number of benzene rings is 2. The molecule has 172 valence electrons. The highest BCUT2D eigenvalue weighted by Crippen LogP contribution is 2.40. The van der Waals surface area contributed by atoms with Crippen LogP contribution in [0.5, 0.6) is 0 Å². The van der Waals surface area contributed by atoms with E-state index in [1.807, 2.05) is 12.1 Å². The van der Waals surface area contributed by atoms with Gasteiger partial charge in [0.05, 0.1) is 0 Å². The van der Waals surface area contributed by atoms with E-state index >= 15 is 0 Å². The Morgan fingerprint density at radius 2 is 1.72 bits per heavy atom. The Morgan fingerprint density at radius 3 is 2.34 bits per heavy atom. The molecule has 0 aromatic heterocycles. The topological polar surface area (TPSA) is 41.1 Å². The predicted octanol–water partition coefficient (Wildman–Crippen LogP) is 5.86. The number of carbonyl (C=O) groups excluding carboxylic acids is 1. The van der Waals surface area contributed by atoms with E-state index in [1.165, 1.54) is 23.3 Å². The van der Waals surface area contributed by atoms with Gasteiger partial charge in [0.1, 0.15) is 0 Å². The van der Waals surface area contributed by atoms with E-state index in [-0.39, 0.29) is 22.9 Å². The van der Waals surface area contributed by atoms with Crippen molar-refractivity contribution < 1.29 is 18.0 Å². The molecular formula is C25H29F3N2OS. The zero-order valence-electron chi connectivity index (χ0n) is 18.3. The van der Waals surface area contributed by atoms with Crippen LogP contribution in [0.15, 0.2) is 48.5 Å². The van der Waals surface area contributed by atoms with E-state index in [2.05, 4.69) is 36.6 Å². The highest BCUT2D eigenvalue weighted by Gasteiger charge is 2.43. The number of hydrogen-bond donors (Lipinski definition) is 2. The number of hydrogen-bond acceptors (Lipinski definition) is 3. The van der Waals surface area contributed by atoms with E-state index in [0.717, 1.165) is 23.6 Å². The molecule has 2 atom stereocenters. The zero-order chi connectivity index (χ0) is 22.9. The van der Waals surface area contributed by atoms with Crippen LogP contribution in [0.1, 0.15) is 49.4 Å². The minimum atomic E-state index is -4.55. The Balaban J connectivity index is 1.47. The summed E-state index contributed by atoms with van der Waals surface area (Å²) in [6.45, 7) is 4.37. The standard InChI is InChI=1S/C25H29F3N2OS/c1-24(2)20-6-4-3-5-18(20)15-21(24)29-19-9-7-16(8-10-19)22(25(26,27)28)30-23(31)17-11-13-32-14-12-17/h3-10,17,21-22,29H,11-15H2,1-2H3,(H,30,31)/t21?,22-/m0/s1. The molecule has 0 radical (unpaired) electrons. The van der Waals surface area contributed by atoms with Gasteiger partial charge in [0.25, 0.3) is 0 Å². The number of rotatable bonds is 5. The zero-order valence-corrected chi connectivity index (χ0v) is 19.2. The number of carbonyl (C=O) groups is 1. The average molecular weight is 463 g/mol. The molecule has 1 fully saturated rings. The molecule has 7 heteroatoms. The maximum absolute atomic E-state index is 13.8. The van der Waals surface area contributed by atoms with Gasteiger partial charge in [-0.3, -0.25) is 4.79 Å². The van der Waals surface area contributed by atoms with E-state index in [9.17, 15) is 18.0 Å². The SMILES string of the molecule is CC1(C)c2ccccc2CC1Nc1ccc([C@H](NC(=O)C2CCSCC2)C(F)(F)F)cc1. The molecule has 32 heavy (non-hydrogen) atoms. The van der Waals surface area contributed by atoms with Crippen molar-refractivity contribution in [3.05, 3.63) is 65.2 Å². The second-order valence-electron chi connectivity index (χ2n) is 9.27. The van der Waals surface area contributed by atoms with Crippen LogP contribution in [-0.4, -0.2) is 29.6 Å². The predicted molar refractivity (Wildman–Crippen MR) is 124 cm³/mol. The van der Waals surface area contributed by atoms with Crippen molar-refractivity contribution in [1.29, 1.82) is 0 Å². The molecule has 0 bridgehead atoms. The molecule has 1 aliphatic carbocycles. The molecule has 2 aromatic carbocycles. The summed E-state index contributed by atoms with van der Waals surface area (Å²) >= 11 is 1.74. The molecule has 2 N–H and O–H groups in total. The fraction of sp³-hybridized carbons (Fsp3) is 0.480. The second-order valence-corrected chi connectivity index (χ2v) is 10.5. The second kappa shape index (κ2) is 9.00. The van der Waals surface area contributed by atoms with Crippen LogP contribution in [0.3, 0.4) is 0 Å². The first-order valence-electron chi connectivity index (χ1n) is 11.1. The molecule has 0 saturated carbocycles. The lowest BCUT2D eigenvalue weighted by Gasteiger charge is -2.30. The number of anilines is 1. The summed E-state index contributed by atoms with van der Waals surface area (Å²) in [5.74, 6) is 0.793. The van der Waals surface area contributed by atoms with E-state index in [0.29, 0.717) is 12.8 Å². The average Bonchev–Trinajstić information content (AvgIpc) is 3.02. The van der Waals surface area contributed by atoms with Crippen molar-refractivity contribution in [2.45, 2.75) is 56.8 Å². The summed E-state index contributed by atoms with van der Waals surface area (Å²) in [6, 6.07) is 12.8. The van der Waals surface area contributed by atoms with Crippen LogP contribution in [0.2, 0.25) is 0 Å². The van der Waals surface area contributed by atoms with Gasteiger partial charge in [-0.25, -0.2) is 0 Å². The third kappa shape index (κ3) is 4.77. The Morgan fingerprint density at radius 1 is 1.06 bits per heavy atom. The van der Waals surface area contributed by atoms with Crippen molar-refractivity contribution in [3.63, 3.8) is 0 Å². The smallest absolute Gasteiger partial charge is 0.381 e. The number of alkyl halides is 3. The van der Waals surface area contributed by atoms with Crippen molar-refractivity contribution in [2.24, 2.45) is 5.92 Å². The number of fused-ring (bicyclic) bond motifs is 1. The minimum absolute atomic E-state index is 0.0514. The van der Waals surface area contributed by atoms with E-state index in [4.69, 9.17) is 0 Å². The monoisotopic (exact) mass is 462 g/mol. The van der Waals surface area contributed by atoms with Gasteiger partial charge < -0.3 is 10.6 Å². The highest BCUT2D eigenvalue weighted by atomic mass is 32.2. The van der Waals surface area contributed by atoms with Gasteiger partial charge in [0, 0.05) is 23.1 Å². The quantitative estimate of drug-likeness (QED) is 0.584. The van der Waals surface area contributed by atoms with Gasteiger partial charge in [0.2, 0.25) is 5.91 Å². The Hall–Kier alpha value is -2.15. The van der Waals surface area contributed by atoms with Crippen molar-refractivity contribution in [3.8, 4) is 0 Å². The number of thioether (sulfide) groups is 1. The fourth-order valence-corrected chi connectivity index (χ4v) is 5.87. The van der Waals surface area contributed by atoms with Crippen LogP contribution >= 0.6 is 11.8 Å². The minimum Gasteiger partial charge on any atom is -0.381 e. The van der Waals surface area contributed by atoms with Crippen molar-refractivity contribution in [2.75, 3.05) is 16.8 Å². The number of nitrogens with one attached hydrogen (secondary N) is 2. The number of amides is 1. The first-order chi connectivity index (χ1) is 15.2. The molecular weight excluding hydrogens is 433 g/mol. The lowest BCUT2D eigenvalue weighted by atomic mass is 9.83. The summed E-state index contributed by atoms with van der Waals surface area (Å²) < 4.78 is 41.3. The van der Waals surface area contributed by atoms with Crippen molar-refractivity contribution >= 4 is 23.4 Å². The third-order valence-corrected chi connectivity index (χ3v) is 7.85. The Bertz CT molecular complexity index is 952. The van der Waals surface area contributed by atoms with Crippen LogP contribution < -0.4 is 10.6 Å². The molecule has 2 aromatic rings. The largest absolute Gasteiger partial charge is 0.412 e.